The highest BCUT2D eigenvalue weighted by Crippen LogP contribution is 2.46. The maximum Gasteiger partial charge on any atom is 0.427 e. The van der Waals surface area contributed by atoms with Crippen LogP contribution >= 0.6 is 11.6 Å². The van der Waals surface area contributed by atoms with Crippen LogP contribution in [0.1, 0.15) is 90.2 Å². The van der Waals surface area contributed by atoms with Crippen molar-refractivity contribution in [2.24, 2.45) is 0 Å². The summed E-state index contributed by atoms with van der Waals surface area (Å²) in [4.78, 5) is 44.5. The minimum absolute atomic E-state index is 0.193. The molecule has 0 spiro atoms. The summed E-state index contributed by atoms with van der Waals surface area (Å²) in [7, 11) is 3.26. The first-order valence-electron chi connectivity index (χ1n) is 22.6. The van der Waals surface area contributed by atoms with Gasteiger partial charge in [-0.3, -0.25) is 0 Å². The van der Waals surface area contributed by atoms with Crippen molar-refractivity contribution in [3.8, 4) is 11.5 Å². The lowest BCUT2D eigenvalue weighted by Gasteiger charge is -2.27. The second-order valence-electron chi connectivity index (χ2n) is 19.6. The maximum atomic E-state index is 16.1. The van der Waals surface area contributed by atoms with E-state index in [4.69, 9.17) is 50.0 Å². The first kappa shape index (κ1) is 48.2. The zero-order valence-corrected chi connectivity index (χ0v) is 41.1. The maximum absolute atomic E-state index is 16.1. The van der Waals surface area contributed by atoms with Gasteiger partial charge in [0, 0.05) is 30.1 Å². The van der Waals surface area contributed by atoms with Crippen LogP contribution in [-0.4, -0.2) is 75.1 Å². The first-order valence-corrected chi connectivity index (χ1v) is 22.9. The van der Waals surface area contributed by atoms with E-state index in [9.17, 15) is 9.59 Å². The molecule has 16 heteroatoms. The van der Waals surface area contributed by atoms with E-state index in [1.54, 1.807) is 68.8 Å². The molecule has 0 unspecified atom stereocenters. The number of amides is 2. The predicted molar refractivity (Wildman–Crippen MR) is 259 cm³/mol. The number of methoxy groups -OCH3 is 2. The fourth-order valence-electron chi connectivity index (χ4n) is 8.58. The summed E-state index contributed by atoms with van der Waals surface area (Å²) in [6.07, 6.45) is 2.16. The van der Waals surface area contributed by atoms with Crippen molar-refractivity contribution in [3.05, 3.63) is 124 Å². The summed E-state index contributed by atoms with van der Waals surface area (Å²) in [5.74, 6) is 0.488. The molecule has 3 atom stereocenters. The number of anilines is 2. The first-order chi connectivity index (χ1) is 32.1. The zero-order chi connectivity index (χ0) is 48.9. The Morgan fingerprint density at radius 2 is 1.37 bits per heavy atom. The summed E-state index contributed by atoms with van der Waals surface area (Å²) in [6, 6.07) is 22.2. The van der Waals surface area contributed by atoms with Crippen LogP contribution in [0.25, 0.3) is 21.9 Å². The number of pyridine rings is 1. The van der Waals surface area contributed by atoms with Gasteiger partial charge in [-0.2, -0.15) is 4.98 Å². The molecule has 4 heterocycles. The van der Waals surface area contributed by atoms with Crippen LogP contribution in [0.4, 0.5) is 25.7 Å². The highest BCUT2D eigenvalue weighted by Gasteiger charge is 2.50. The highest BCUT2D eigenvalue weighted by molar-refractivity contribution is 6.33. The fraction of sp³-hybridized carbons (Fsp3) is 0.404. The van der Waals surface area contributed by atoms with Crippen LogP contribution in [0.5, 0.6) is 11.5 Å². The number of nitrogens with zero attached hydrogens (tertiary/aromatic N) is 6. The Balaban J connectivity index is 1.11. The molecule has 0 saturated carbocycles. The number of imide groups is 1. The Hall–Kier alpha value is -6.29. The van der Waals surface area contributed by atoms with E-state index in [1.807, 2.05) is 85.3 Å². The molecule has 14 nitrogen and oxygen atoms in total. The molecule has 6 aromatic rings. The van der Waals surface area contributed by atoms with Gasteiger partial charge < -0.3 is 37.9 Å². The molecule has 2 amide bonds. The lowest BCUT2D eigenvalue weighted by molar-refractivity contribution is -0.147. The van der Waals surface area contributed by atoms with E-state index in [-0.39, 0.29) is 5.95 Å². The van der Waals surface area contributed by atoms with Gasteiger partial charge in [-0.25, -0.2) is 23.9 Å². The normalized spacial score (nSPS) is 17.8. The Kier molecular flexibility index (Phi) is 13.2. The molecule has 3 aromatic carbocycles. The molecule has 358 valence electrons. The van der Waals surface area contributed by atoms with Crippen molar-refractivity contribution in [2.75, 3.05) is 24.0 Å². The molecule has 0 N–H and O–H groups in total. The average Bonchev–Trinajstić information content (AvgIpc) is 3.92. The number of hydrogen-bond acceptors (Lipinski definition) is 12. The van der Waals surface area contributed by atoms with Crippen molar-refractivity contribution in [2.45, 2.75) is 123 Å². The molecule has 1 aliphatic carbocycles. The van der Waals surface area contributed by atoms with Crippen LogP contribution < -0.4 is 19.3 Å². The smallest absolute Gasteiger partial charge is 0.427 e. The molecular weight excluding hydrogens is 891 g/mol. The van der Waals surface area contributed by atoms with E-state index in [0.29, 0.717) is 64.4 Å². The molecule has 68 heavy (non-hydrogen) atoms. The summed E-state index contributed by atoms with van der Waals surface area (Å²) in [6.45, 7) is 16.7. The van der Waals surface area contributed by atoms with Gasteiger partial charge in [0.15, 0.2) is 5.79 Å². The summed E-state index contributed by atoms with van der Waals surface area (Å²) in [5.41, 5.74) is 3.37. The van der Waals surface area contributed by atoms with Gasteiger partial charge in [-0.05, 0) is 146 Å². The molecule has 8 rings (SSSR count). The van der Waals surface area contributed by atoms with Crippen molar-refractivity contribution in [1.29, 1.82) is 0 Å². The van der Waals surface area contributed by atoms with E-state index in [0.717, 1.165) is 38.7 Å². The Bertz CT molecular complexity index is 2810. The fourth-order valence-corrected chi connectivity index (χ4v) is 8.85. The molecule has 1 aliphatic heterocycles. The number of fused-ring (bicyclic) bond motifs is 3. The van der Waals surface area contributed by atoms with Crippen LogP contribution in [0, 0.1) is 12.7 Å². The van der Waals surface area contributed by atoms with E-state index >= 15 is 4.39 Å². The van der Waals surface area contributed by atoms with Gasteiger partial charge in [-0.15, -0.1) is 4.90 Å². The predicted octanol–water partition coefficient (Wildman–Crippen LogP) is 11.6. The second kappa shape index (κ2) is 18.7. The Morgan fingerprint density at radius 1 is 0.779 bits per heavy atom. The topological polar surface area (TPSA) is 140 Å². The Labute approximate surface area is 400 Å². The molecular formula is C52H58ClFN6O8. The number of hydrogen-bond donors (Lipinski definition) is 0. The number of carbonyl (C=O) groups excluding carboxylic acids is 2. The molecule has 1 saturated heterocycles. The third kappa shape index (κ3) is 10.5. The highest BCUT2D eigenvalue weighted by atomic mass is 35.5. The Morgan fingerprint density at radius 3 is 1.93 bits per heavy atom. The molecule has 0 bridgehead atoms. The summed E-state index contributed by atoms with van der Waals surface area (Å²) >= 11 is 6.96. The SMILES string of the molecule is COc1ccc(CN(Cc2ccc(OC)cc2)c2nc3cc(CCC4=C[C@@H](n5ccc6c(C)nc(N(C(=O)OC(C)(C)C)C(=O)OC(C)(C)C)nc65)[C@@H]5OC(C)(C)O[C@H]45)cc(F)c3cc2Cl)cc1. The minimum atomic E-state index is -0.972. The van der Waals surface area contributed by atoms with Crippen molar-refractivity contribution in [3.63, 3.8) is 0 Å². The number of ether oxygens (including phenoxy) is 6. The molecule has 2 aliphatic rings. The van der Waals surface area contributed by atoms with Gasteiger partial charge in [0.05, 0.1) is 36.5 Å². The third-order valence-corrected chi connectivity index (χ3v) is 11.9. The van der Waals surface area contributed by atoms with Gasteiger partial charge in [-0.1, -0.05) is 41.9 Å². The van der Waals surface area contributed by atoms with E-state index in [2.05, 4.69) is 16.0 Å². The molecule has 3 aromatic heterocycles. The summed E-state index contributed by atoms with van der Waals surface area (Å²) in [5, 5.41) is 1.36. The lowest BCUT2D eigenvalue weighted by Crippen LogP contribution is -2.44. The van der Waals surface area contributed by atoms with Crippen molar-refractivity contribution >= 4 is 57.5 Å². The standard InChI is InChI=1S/C52H58ClFN6O8/c1-30-37-22-23-59(45(37)57-47(55-30)60(48(61)67-50(2,3)4)49(62)68-51(5,6)7)42-26-34(43-44(42)66-52(8,9)65-43)17-12-33-24-40(54)38-27-39(53)46(56-41(38)25-33)58(28-31-13-18-35(63-10)19-14-31)29-32-15-20-36(64-11)21-16-32/h13-16,18-27,42-44H,12,17,28-29H2,1-11H3/t42-,43-,44+/m1/s1. The summed E-state index contributed by atoms with van der Waals surface area (Å²) < 4.78 is 53.2. The molecule has 0 radical (unpaired) electrons. The number of carbonyl (C=O) groups is 2. The second-order valence-corrected chi connectivity index (χ2v) is 20.0. The van der Waals surface area contributed by atoms with Crippen LogP contribution in [0.2, 0.25) is 5.02 Å². The van der Waals surface area contributed by atoms with Gasteiger partial charge in [0.25, 0.3) is 0 Å². The van der Waals surface area contributed by atoms with Gasteiger partial charge in [0.2, 0.25) is 5.95 Å². The van der Waals surface area contributed by atoms with Crippen LogP contribution in [0.3, 0.4) is 0 Å². The minimum Gasteiger partial charge on any atom is -0.497 e. The quantitative estimate of drug-likeness (QED) is 0.108. The number of rotatable bonds is 12. The monoisotopic (exact) mass is 948 g/mol. The zero-order valence-electron chi connectivity index (χ0n) is 40.3. The van der Waals surface area contributed by atoms with Crippen molar-refractivity contribution in [1.82, 2.24) is 19.5 Å². The van der Waals surface area contributed by atoms with Gasteiger partial charge in [0.1, 0.15) is 52.2 Å². The van der Waals surface area contributed by atoms with Crippen molar-refractivity contribution < 1.29 is 42.4 Å². The largest absolute Gasteiger partial charge is 0.497 e. The van der Waals surface area contributed by atoms with E-state index in [1.165, 1.54) is 6.07 Å². The van der Waals surface area contributed by atoms with Crippen LogP contribution in [0.15, 0.2) is 90.6 Å². The number of aryl methyl sites for hydroxylation is 2. The van der Waals surface area contributed by atoms with E-state index < -0.39 is 53.2 Å². The third-order valence-electron chi connectivity index (χ3n) is 11.6. The van der Waals surface area contributed by atoms with Gasteiger partial charge >= 0.3 is 12.2 Å². The number of benzene rings is 3. The lowest BCUT2D eigenvalue weighted by atomic mass is 10.0. The number of aromatic nitrogens is 4. The van der Waals surface area contributed by atoms with Crippen LogP contribution in [-0.2, 0) is 38.5 Å². The molecule has 1 fully saturated rings. The number of halogens is 2. The average molecular weight is 950 g/mol.